The molecule has 128 valence electrons. The van der Waals surface area contributed by atoms with Crippen molar-refractivity contribution in [2.24, 2.45) is 0 Å². The summed E-state index contributed by atoms with van der Waals surface area (Å²) in [5.74, 6) is 1.98. The first-order valence-corrected chi connectivity index (χ1v) is 7.51. The largest absolute Gasteiger partial charge is 0.497 e. The van der Waals surface area contributed by atoms with Crippen LogP contribution in [0.25, 0.3) is 0 Å². The fraction of sp³-hybridized carbons (Fsp3) is 0.278. The van der Waals surface area contributed by atoms with Crippen molar-refractivity contribution in [2.45, 2.75) is 13.0 Å². The third kappa shape index (κ3) is 4.10. The van der Waals surface area contributed by atoms with E-state index in [1.807, 2.05) is 37.3 Å². The molecular formula is C18H22N2O4. The second-order valence-corrected chi connectivity index (χ2v) is 5.13. The molecule has 6 heteroatoms. The summed E-state index contributed by atoms with van der Waals surface area (Å²) in [6.45, 7) is 1.87. The molecule has 0 unspecified atom stereocenters. The Morgan fingerprint density at radius 3 is 2.33 bits per heavy atom. The number of carbonyl (C=O) groups excluding carboxylic acids is 1. The van der Waals surface area contributed by atoms with Crippen LogP contribution in [0.1, 0.15) is 18.5 Å². The molecular weight excluding hydrogens is 308 g/mol. The smallest absolute Gasteiger partial charge is 0.319 e. The molecule has 0 aliphatic rings. The monoisotopic (exact) mass is 330 g/mol. The molecule has 0 aliphatic carbocycles. The van der Waals surface area contributed by atoms with Crippen LogP contribution in [-0.4, -0.2) is 27.4 Å². The van der Waals surface area contributed by atoms with E-state index in [4.69, 9.17) is 14.2 Å². The minimum absolute atomic E-state index is 0.273. The van der Waals surface area contributed by atoms with Gasteiger partial charge in [-0.2, -0.15) is 0 Å². The summed E-state index contributed by atoms with van der Waals surface area (Å²) in [5, 5.41) is 5.66. The lowest BCUT2D eigenvalue weighted by molar-refractivity contribution is 0.249. The van der Waals surface area contributed by atoms with Crippen molar-refractivity contribution >= 4 is 11.7 Å². The molecule has 0 radical (unpaired) electrons. The third-order valence-electron chi connectivity index (χ3n) is 3.61. The van der Waals surface area contributed by atoms with Crippen LogP contribution < -0.4 is 24.8 Å². The molecule has 2 rings (SSSR count). The van der Waals surface area contributed by atoms with Gasteiger partial charge in [0.15, 0.2) is 0 Å². The quantitative estimate of drug-likeness (QED) is 0.849. The molecule has 0 saturated carbocycles. The lowest BCUT2D eigenvalue weighted by Gasteiger charge is -2.19. The molecule has 2 aromatic carbocycles. The van der Waals surface area contributed by atoms with Gasteiger partial charge in [-0.05, 0) is 37.3 Å². The second kappa shape index (κ2) is 8.10. The summed E-state index contributed by atoms with van der Waals surface area (Å²) < 4.78 is 15.8. The van der Waals surface area contributed by atoms with E-state index in [0.29, 0.717) is 22.9 Å². The minimum atomic E-state index is -0.336. The van der Waals surface area contributed by atoms with E-state index in [1.165, 1.54) is 0 Å². The van der Waals surface area contributed by atoms with E-state index in [-0.39, 0.29) is 12.1 Å². The molecule has 6 nitrogen and oxygen atoms in total. The van der Waals surface area contributed by atoms with Gasteiger partial charge < -0.3 is 24.8 Å². The summed E-state index contributed by atoms with van der Waals surface area (Å²) in [7, 11) is 4.74. The third-order valence-corrected chi connectivity index (χ3v) is 3.61. The Labute approximate surface area is 141 Å². The van der Waals surface area contributed by atoms with Crippen LogP contribution in [-0.2, 0) is 0 Å². The zero-order chi connectivity index (χ0) is 17.5. The van der Waals surface area contributed by atoms with Crippen molar-refractivity contribution in [3.8, 4) is 17.2 Å². The number of urea groups is 1. The van der Waals surface area contributed by atoms with Crippen molar-refractivity contribution < 1.29 is 19.0 Å². The Morgan fingerprint density at radius 2 is 1.67 bits per heavy atom. The normalized spacial score (nSPS) is 11.3. The number of rotatable bonds is 6. The van der Waals surface area contributed by atoms with Crippen LogP contribution in [0.2, 0.25) is 0 Å². The summed E-state index contributed by atoms with van der Waals surface area (Å²) >= 11 is 0. The van der Waals surface area contributed by atoms with Crippen LogP contribution in [0.15, 0.2) is 42.5 Å². The molecule has 0 aliphatic heterocycles. The molecule has 0 saturated heterocycles. The van der Waals surface area contributed by atoms with Crippen LogP contribution in [0.4, 0.5) is 10.5 Å². The van der Waals surface area contributed by atoms with Gasteiger partial charge >= 0.3 is 6.03 Å². The Morgan fingerprint density at radius 1 is 0.958 bits per heavy atom. The highest BCUT2D eigenvalue weighted by atomic mass is 16.5. The lowest BCUT2D eigenvalue weighted by atomic mass is 10.1. The molecule has 0 bridgehead atoms. The van der Waals surface area contributed by atoms with Crippen molar-refractivity contribution in [3.05, 3.63) is 48.0 Å². The number of amides is 2. The highest BCUT2D eigenvalue weighted by Crippen LogP contribution is 2.29. The zero-order valence-corrected chi connectivity index (χ0v) is 14.3. The highest BCUT2D eigenvalue weighted by Gasteiger charge is 2.16. The fourth-order valence-electron chi connectivity index (χ4n) is 2.36. The van der Waals surface area contributed by atoms with Gasteiger partial charge in [0.05, 0.1) is 33.1 Å². The van der Waals surface area contributed by atoms with Gasteiger partial charge in [-0.3, -0.25) is 0 Å². The molecule has 0 fully saturated rings. The minimum Gasteiger partial charge on any atom is -0.497 e. The number of benzene rings is 2. The lowest BCUT2D eigenvalue weighted by Crippen LogP contribution is -2.31. The van der Waals surface area contributed by atoms with E-state index in [9.17, 15) is 4.79 Å². The first-order valence-electron chi connectivity index (χ1n) is 7.51. The molecule has 0 heterocycles. The van der Waals surface area contributed by atoms with E-state index < -0.39 is 0 Å². The summed E-state index contributed by atoms with van der Waals surface area (Å²) in [6.07, 6.45) is 0. The number of para-hydroxylation sites is 2. The molecule has 1 atom stereocenters. The summed E-state index contributed by atoms with van der Waals surface area (Å²) in [5.41, 5.74) is 1.43. The number of carbonyl (C=O) groups is 1. The van der Waals surface area contributed by atoms with Gasteiger partial charge in [0.2, 0.25) is 0 Å². The molecule has 0 spiro atoms. The molecule has 0 aromatic heterocycles. The van der Waals surface area contributed by atoms with Gasteiger partial charge in [0, 0.05) is 5.56 Å². The average molecular weight is 330 g/mol. The van der Waals surface area contributed by atoms with Crippen LogP contribution in [0, 0.1) is 0 Å². The number of methoxy groups -OCH3 is 3. The van der Waals surface area contributed by atoms with Gasteiger partial charge in [0.1, 0.15) is 17.2 Å². The standard InChI is InChI=1S/C18H22N2O4/c1-12(14-11-13(22-2)9-10-16(14)23-3)19-18(21)20-15-7-5-6-8-17(15)24-4/h5-12H,1-4H3,(H2,19,20,21)/t12-/m0/s1. The van der Waals surface area contributed by atoms with Gasteiger partial charge in [-0.25, -0.2) is 4.79 Å². The summed E-state index contributed by atoms with van der Waals surface area (Å²) in [4.78, 5) is 12.3. The Hall–Kier alpha value is -2.89. The Balaban J connectivity index is 2.11. The zero-order valence-electron chi connectivity index (χ0n) is 14.3. The van der Waals surface area contributed by atoms with E-state index >= 15 is 0 Å². The predicted octanol–water partition coefficient (Wildman–Crippen LogP) is 3.60. The maximum atomic E-state index is 12.3. The SMILES string of the molecule is COc1ccc(OC)c([C@H](C)NC(=O)Nc2ccccc2OC)c1. The molecule has 2 amide bonds. The molecule has 2 aromatic rings. The maximum Gasteiger partial charge on any atom is 0.319 e. The fourth-order valence-corrected chi connectivity index (χ4v) is 2.36. The molecule has 2 N–H and O–H groups in total. The number of nitrogens with one attached hydrogen (secondary N) is 2. The number of ether oxygens (including phenoxy) is 3. The molecule has 24 heavy (non-hydrogen) atoms. The van der Waals surface area contributed by atoms with Crippen molar-refractivity contribution in [3.63, 3.8) is 0 Å². The maximum absolute atomic E-state index is 12.3. The van der Waals surface area contributed by atoms with Crippen molar-refractivity contribution in [1.82, 2.24) is 5.32 Å². The van der Waals surface area contributed by atoms with E-state index in [0.717, 1.165) is 5.56 Å². The van der Waals surface area contributed by atoms with Gasteiger partial charge in [0.25, 0.3) is 0 Å². The van der Waals surface area contributed by atoms with E-state index in [1.54, 1.807) is 33.5 Å². The van der Waals surface area contributed by atoms with Gasteiger partial charge in [-0.1, -0.05) is 12.1 Å². The highest BCUT2D eigenvalue weighted by molar-refractivity contribution is 5.91. The number of hydrogen-bond acceptors (Lipinski definition) is 4. The van der Waals surface area contributed by atoms with Crippen molar-refractivity contribution in [2.75, 3.05) is 26.6 Å². The van der Waals surface area contributed by atoms with Gasteiger partial charge in [-0.15, -0.1) is 0 Å². The van der Waals surface area contributed by atoms with Crippen LogP contribution in [0.3, 0.4) is 0 Å². The average Bonchev–Trinajstić information content (AvgIpc) is 2.61. The second-order valence-electron chi connectivity index (χ2n) is 5.13. The first kappa shape index (κ1) is 17.5. The Bertz CT molecular complexity index is 703. The number of hydrogen-bond donors (Lipinski definition) is 2. The van der Waals surface area contributed by atoms with Crippen LogP contribution in [0.5, 0.6) is 17.2 Å². The van der Waals surface area contributed by atoms with E-state index in [2.05, 4.69) is 10.6 Å². The predicted molar refractivity (Wildman–Crippen MR) is 93.1 cm³/mol. The number of anilines is 1. The first-order chi connectivity index (χ1) is 11.6. The summed E-state index contributed by atoms with van der Waals surface area (Å²) in [6, 6.07) is 12.1. The van der Waals surface area contributed by atoms with Crippen molar-refractivity contribution in [1.29, 1.82) is 0 Å². The Kier molecular flexibility index (Phi) is 5.89. The van der Waals surface area contributed by atoms with Crippen LogP contribution >= 0.6 is 0 Å². The topological polar surface area (TPSA) is 68.8 Å².